The van der Waals surface area contributed by atoms with Crippen LogP contribution in [0, 0.1) is 37.0 Å². The minimum absolute atomic E-state index is 0.0463. The Hall–Kier alpha value is -7.03. The van der Waals surface area contributed by atoms with E-state index in [1.54, 1.807) is 51.1 Å². The smallest absolute Gasteiger partial charge is 0.226 e. The van der Waals surface area contributed by atoms with Gasteiger partial charge in [-0.1, -0.05) is 25.5 Å². The van der Waals surface area contributed by atoms with E-state index in [0.29, 0.717) is 51.0 Å². The second-order valence-electron chi connectivity index (χ2n) is 18.8. The summed E-state index contributed by atoms with van der Waals surface area (Å²) in [5.74, 6) is -2.65. The molecule has 1 aromatic heterocycles. The molecule has 6 rings (SSSR count). The van der Waals surface area contributed by atoms with Crippen LogP contribution in [0.5, 0.6) is 17.2 Å². The fraction of sp³-hybridized carbons (Fsp3) is 0.473. The van der Waals surface area contributed by atoms with Crippen molar-refractivity contribution < 1.29 is 43.0 Å². The molecule has 1 aliphatic heterocycles. The number of fused-ring (bicyclic) bond motifs is 5. The molecule has 0 radical (unpaired) electrons. The molecule has 0 spiro atoms. The number of carbonyl (C=O) groups excluding carboxylic acids is 6. The number of likely N-dealkylation sites (N-methyl/N-ethyl adjacent to an activating group) is 1. The lowest BCUT2D eigenvalue weighted by Crippen LogP contribution is -2.46. The Morgan fingerprint density at radius 1 is 0.889 bits per heavy atom. The molecule has 0 saturated heterocycles. The number of Topliss-reactive ketones (excluding diaryl/α,β-unsaturated/α-hetero) is 3. The Balaban J connectivity index is 1.37. The summed E-state index contributed by atoms with van der Waals surface area (Å²) in [4.78, 5) is 94.8. The average Bonchev–Trinajstić information content (AvgIpc) is 3.36. The molecule has 382 valence electrons. The Morgan fingerprint density at radius 2 is 1.53 bits per heavy atom. The maximum Gasteiger partial charge on any atom is 0.226 e. The molecule has 4 bridgehead atoms. The highest BCUT2D eigenvalue weighted by molar-refractivity contribution is 6.01. The molecule has 4 aromatic rings. The van der Waals surface area contributed by atoms with Gasteiger partial charge in [-0.05, 0) is 112 Å². The van der Waals surface area contributed by atoms with Crippen molar-refractivity contribution in [1.29, 1.82) is 5.26 Å². The normalized spacial score (nSPS) is 17.6. The number of carbonyl (C=O) groups is 6. The number of nitriles is 1. The van der Waals surface area contributed by atoms with E-state index < -0.39 is 47.3 Å². The first-order valence-corrected chi connectivity index (χ1v) is 24.9. The number of ketones is 3. The molecule has 3 amide bonds. The minimum atomic E-state index is -1.30. The van der Waals surface area contributed by atoms with E-state index in [1.807, 2.05) is 36.4 Å². The quantitative estimate of drug-likeness (QED) is 0.0716. The van der Waals surface area contributed by atoms with E-state index in [4.69, 9.17) is 35.6 Å². The van der Waals surface area contributed by atoms with Crippen LogP contribution in [0.15, 0.2) is 60.7 Å². The summed E-state index contributed by atoms with van der Waals surface area (Å²) in [7, 11) is 1.48. The molecule has 3 aromatic carbocycles. The van der Waals surface area contributed by atoms with Gasteiger partial charge in [0, 0.05) is 87.8 Å². The zero-order valence-electron chi connectivity index (χ0n) is 42.1. The van der Waals surface area contributed by atoms with Crippen LogP contribution < -0.4 is 36.3 Å². The lowest BCUT2D eigenvalue weighted by molar-refractivity contribution is -0.142. The first-order chi connectivity index (χ1) is 34.6. The molecule has 0 unspecified atom stereocenters. The van der Waals surface area contributed by atoms with Crippen LogP contribution >= 0.6 is 0 Å². The van der Waals surface area contributed by atoms with Gasteiger partial charge in [0.15, 0.2) is 23.2 Å². The van der Waals surface area contributed by atoms with E-state index in [9.17, 15) is 29.2 Å². The summed E-state index contributed by atoms with van der Waals surface area (Å²) in [5, 5.41) is 14.9. The molecular weight excluding hydrogens is 917 g/mol. The Morgan fingerprint density at radius 3 is 2.15 bits per heavy atom. The van der Waals surface area contributed by atoms with E-state index >= 15 is 4.79 Å². The Kier molecular flexibility index (Phi) is 19.5. The van der Waals surface area contributed by atoms with E-state index in [0.717, 1.165) is 37.0 Å². The Bertz CT molecular complexity index is 2620. The summed E-state index contributed by atoms with van der Waals surface area (Å²) in [6, 6.07) is 17.7. The van der Waals surface area contributed by atoms with Crippen molar-refractivity contribution in [2.45, 2.75) is 117 Å². The molecule has 2 heterocycles. The molecule has 17 nitrogen and oxygen atoms in total. The topological polar surface area (TPSA) is 259 Å². The second-order valence-corrected chi connectivity index (χ2v) is 18.8. The van der Waals surface area contributed by atoms with Crippen molar-refractivity contribution in [1.82, 2.24) is 25.5 Å². The third-order valence-electron chi connectivity index (χ3n) is 13.2. The van der Waals surface area contributed by atoms with Crippen molar-refractivity contribution in [2.75, 3.05) is 39.9 Å². The van der Waals surface area contributed by atoms with Gasteiger partial charge in [0.25, 0.3) is 0 Å². The van der Waals surface area contributed by atoms with Crippen LogP contribution in [0.4, 0.5) is 0 Å². The zero-order valence-corrected chi connectivity index (χ0v) is 42.1. The van der Waals surface area contributed by atoms with Gasteiger partial charge in [-0.25, -0.2) is 9.97 Å². The van der Waals surface area contributed by atoms with E-state index in [-0.39, 0.29) is 94.7 Å². The summed E-state index contributed by atoms with van der Waals surface area (Å²) in [5.41, 5.74) is 15.7. The van der Waals surface area contributed by atoms with Crippen LogP contribution in [0.2, 0.25) is 0 Å². The van der Waals surface area contributed by atoms with Gasteiger partial charge >= 0.3 is 0 Å². The monoisotopic (exact) mass is 985 g/mol. The first kappa shape index (κ1) is 54.3. The standard InChI is InChI=1S/C55H68N8O9/c1-33-28-48(67)52(39-16-20-50(71-27-24-58)44(31-39)43-29-37(13-19-49(43)70-26-23-57)30-45(62-54(33)68)46(65)12-9-22-56)63(5)55(69)40(21-25-59-36(4)64)32-47(66)51-34(2)60-53(61-35(51)3)38-14-17-42(18-15-38)72-41-10-7-6-8-11-41/h13-20,29,31,33,40-41,45,52H,6-12,21,23-28,30,32,57-58H2,1-5H3,(H,59,64)(H,62,68)/t33-,40-,45+,52+/m1/s1. The average molecular weight is 985 g/mol. The number of amides is 3. The maximum absolute atomic E-state index is 15.1. The van der Waals surface area contributed by atoms with Crippen molar-refractivity contribution in [2.24, 2.45) is 23.3 Å². The number of rotatable bonds is 20. The highest BCUT2D eigenvalue weighted by Crippen LogP contribution is 2.41. The summed E-state index contributed by atoms with van der Waals surface area (Å²) >= 11 is 0. The maximum atomic E-state index is 15.1. The predicted octanol–water partition coefficient (Wildman–Crippen LogP) is 6.24. The number of ether oxygens (including phenoxy) is 3. The van der Waals surface area contributed by atoms with Crippen LogP contribution in [0.25, 0.3) is 22.5 Å². The highest BCUT2D eigenvalue weighted by Gasteiger charge is 2.37. The number of hydrogen-bond donors (Lipinski definition) is 4. The molecule has 2 aliphatic rings. The molecule has 1 aliphatic carbocycles. The van der Waals surface area contributed by atoms with Gasteiger partial charge in [-0.2, -0.15) is 5.26 Å². The van der Waals surface area contributed by atoms with Gasteiger partial charge in [-0.3, -0.25) is 28.8 Å². The fourth-order valence-corrected chi connectivity index (χ4v) is 9.50. The lowest BCUT2D eigenvalue weighted by atomic mass is 9.88. The van der Waals surface area contributed by atoms with Crippen molar-refractivity contribution >= 4 is 35.1 Å². The van der Waals surface area contributed by atoms with Crippen molar-refractivity contribution in [3.05, 3.63) is 88.7 Å². The number of nitrogens with two attached hydrogens (primary N) is 2. The SMILES string of the molecule is CC(=O)NCC[C@H](CC(=O)c1c(C)nc(-c2ccc(OC3CCCCC3)cc2)nc1C)C(=O)N(C)[C@@H]1C(=O)C[C@@H](C)C(=O)N[C@H](C(=O)CCC#N)Cc2ccc(OCCN)c(c2)-c2cc1ccc2OCCN. The van der Waals surface area contributed by atoms with Gasteiger partial charge in [0.2, 0.25) is 17.7 Å². The molecule has 17 heteroatoms. The van der Waals surface area contributed by atoms with Gasteiger partial charge in [0.05, 0.1) is 35.2 Å². The largest absolute Gasteiger partial charge is 0.492 e. The molecule has 4 atom stereocenters. The van der Waals surface area contributed by atoms with Crippen LogP contribution in [-0.4, -0.2) is 102 Å². The highest BCUT2D eigenvalue weighted by atomic mass is 16.5. The van der Waals surface area contributed by atoms with Crippen molar-refractivity contribution in [3.8, 4) is 45.8 Å². The second kappa shape index (κ2) is 25.9. The van der Waals surface area contributed by atoms with Crippen molar-refractivity contribution in [3.63, 3.8) is 0 Å². The van der Waals surface area contributed by atoms with E-state index in [2.05, 4.69) is 10.6 Å². The summed E-state index contributed by atoms with van der Waals surface area (Å²) in [6.45, 7) is 7.13. The number of benzene rings is 3. The number of aromatic nitrogens is 2. The third-order valence-corrected chi connectivity index (χ3v) is 13.2. The number of nitrogens with one attached hydrogen (secondary N) is 2. The molecule has 6 N–H and O–H groups in total. The molecule has 1 saturated carbocycles. The number of aryl methyl sites for hydroxylation is 2. The number of hydrogen-bond acceptors (Lipinski definition) is 14. The minimum Gasteiger partial charge on any atom is -0.492 e. The first-order valence-electron chi connectivity index (χ1n) is 24.9. The summed E-state index contributed by atoms with van der Waals surface area (Å²) < 4.78 is 18.5. The molecule has 1 fully saturated rings. The van der Waals surface area contributed by atoms with Crippen LogP contribution in [0.1, 0.15) is 117 Å². The van der Waals surface area contributed by atoms with Gasteiger partial charge in [0.1, 0.15) is 36.5 Å². The Labute approximate surface area is 421 Å². The fourth-order valence-electron chi connectivity index (χ4n) is 9.50. The molecular formula is C55H68N8O9. The zero-order chi connectivity index (χ0) is 51.9. The lowest BCUT2D eigenvalue weighted by Gasteiger charge is -2.32. The summed E-state index contributed by atoms with van der Waals surface area (Å²) in [6.07, 6.45) is 5.17. The van der Waals surface area contributed by atoms with Crippen LogP contribution in [-0.2, 0) is 30.4 Å². The van der Waals surface area contributed by atoms with E-state index in [1.165, 1.54) is 25.3 Å². The van der Waals surface area contributed by atoms with Gasteiger partial charge in [-0.15, -0.1) is 0 Å². The third kappa shape index (κ3) is 14.1. The van der Waals surface area contributed by atoms with Gasteiger partial charge < -0.3 is 41.2 Å². The predicted molar refractivity (Wildman–Crippen MR) is 271 cm³/mol. The van der Waals surface area contributed by atoms with Crippen LogP contribution in [0.3, 0.4) is 0 Å². The number of nitrogens with zero attached hydrogens (tertiary/aromatic N) is 4. The molecule has 72 heavy (non-hydrogen) atoms.